The Morgan fingerprint density at radius 1 is 0.833 bits per heavy atom. The van der Waals surface area contributed by atoms with Gasteiger partial charge in [0.25, 0.3) is 0 Å². The Hall–Kier alpha value is -3.17. The highest BCUT2D eigenvalue weighted by Crippen LogP contribution is 2.56. The Morgan fingerprint density at radius 2 is 1.44 bits per heavy atom. The van der Waals surface area contributed by atoms with E-state index in [4.69, 9.17) is 23.0 Å². The molecule has 0 spiro atoms. The second kappa shape index (κ2) is 15.2. The van der Waals surface area contributed by atoms with E-state index in [1.807, 2.05) is 54.6 Å². The van der Waals surface area contributed by atoms with Crippen molar-refractivity contribution in [2.75, 3.05) is 19.8 Å². The lowest BCUT2D eigenvalue weighted by Gasteiger charge is -2.33. The number of phosphoric acid groups is 1. The quantitative estimate of drug-likeness (QED) is 0.124. The lowest BCUT2D eigenvalue weighted by molar-refractivity contribution is -0.139. The van der Waals surface area contributed by atoms with Gasteiger partial charge < -0.3 is 9.47 Å². The standard InChI is InChI=1S/C37H47F3NO6P/c1-27-41-36(25-44-27,26-45-48(42,46-34(2,3)4)47-35(5,6)7)22-21-29-17-20-33(32(24-29)37(38,39)40)43-23-11-12-28-15-18-31(19-16-28)30-13-9-8-10-14-30/h8-10,13-20,24H,11-12,21-23,25-26H2,1-7H3. The Morgan fingerprint density at radius 3 is 2.00 bits per heavy atom. The predicted octanol–water partition coefficient (Wildman–Crippen LogP) is 10.3. The number of rotatable bonds is 14. The summed E-state index contributed by atoms with van der Waals surface area (Å²) >= 11 is 0. The summed E-state index contributed by atoms with van der Waals surface area (Å²) in [5.74, 6) is 0.204. The molecule has 1 aliphatic rings. The Bertz CT molecular complexity index is 1560. The van der Waals surface area contributed by atoms with Gasteiger partial charge in [0, 0.05) is 6.92 Å². The molecule has 1 unspecified atom stereocenters. The fourth-order valence-corrected chi connectivity index (χ4v) is 7.15. The van der Waals surface area contributed by atoms with Crippen molar-refractivity contribution in [2.24, 2.45) is 4.99 Å². The van der Waals surface area contributed by atoms with Crippen LogP contribution < -0.4 is 4.74 Å². The third-order valence-electron chi connectivity index (χ3n) is 7.36. The molecule has 48 heavy (non-hydrogen) atoms. The van der Waals surface area contributed by atoms with Crippen molar-refractivity contribution in [3.05, 3.63) is 89.5 Å². The Balaban J connectivity index is 1.39. The molecule has 1 aliphatic heterocycles. The molecule has 1 atom stereocenters. The number of aryl methyl sites for hydroxylation is 2. The highest BCUT2D eigenvalue weighted by atomic mass is 31.2. The van der Waals surface area contributed by atoms with Crippen LogP contribution in [0.25, 0.3) is 11.1 Å². The van der Waals surface area contributed by atoms with Crippen molar-refractivity contribution in [1.82, 2.24) is 0 Å². The van der Waals surface area contributed by atoms with Crippen molar-refractivity contribution in [2.45, 2.75) is 97.1 Å². The van der Waals surface area contributed by atoms with Crippen molar-refractivity contribution in [3.8, 4) is 16.9 Å². The minimum atomic E-state index is -4.61. The van der Waals surface area contributed by atoms with E-state index in [0.29, 0.717) is 24.3 Å². The first-order valence-electron chi connectivity index (χ1n) is 16.2. The number of hydrogen-bond acceptors (Lipinski definition) is 7. The normalized spacial score (nSPS) is 17.2. The van der Waals surface area contributed by atoms with Crippen LogP contribution in [0.2, 0.25) is 0 Å². The molecule has 0 saturated heterocycles. The van der Waals surface area contributed by atoms with E-state index in [-0.39, 0.29) is 38.4 Å². The highest BCUT2D eigenvalue weighted by Gasteiger charge is 2.43. The lowest BCUT2D eigenvalue weighted by Crippen LogP contribution is -2.36. The summed E-state index contributed by atoms with van der Waals surface area (Å²) in [5, 5.41) is 0. The monoisotopic (exact) mass is 689 g/mol. The van der Waals surface area contributed by atoms with Crippen molar-refractivity contribution < 1.29 is 40.8 Å². The molecule has 7 nitrogen and oxygen atoms in total. The van der Waals surface area contributed by atoms with E-state index in [2.05, 4.69) is 4.99 Å². The number of benzene rings is 3. The fraction of sp³-hybridized carbons (Fsp3) is 0.486. The van der Waals surface area contributed by atoms with Crippen LogP contribution in [0.1, 0.15) is 78.0 Å². The van der Waals surface area contributed by atoms with Crippen LogP contribution in [0.15, 0.2) is 77.8 Å². The molecule has 0 fully saturated rings. The Kier molecular flexibility index (Phi) is 11.9. The van der Waals surface area contributed by atoms with E-state index in [1.165, 1.54) is 6.07 Å². The molecule has 3 aromatic rings. The molecule has 0 aliphatic carbocycles. The van der Waals surface area contributed by atoms with Crippen LogP contribution in [0.4, 0.5) is 13.2 Å². The summed E-state index contributed by atoms with van der Waals surface area (Å²) in [6, 6.07) is 22.3. The molecule has 0 N–H and O–H groups in total. The molecule has 0 amide bonds. The number of halogens is 3. The molecule has 0 aromatic heterocycles. The van der Waals surface area contributed by atoms with Crippen LogP contribution in [0.5, 0.6) is 5.75 Å². The summed E-state index contributed by atoms with van der Waals surface area (Å²) in [6.07, 6.45) is -2.86. The summed E-state index contributed by atoms with van der Waals surface area (Å²) in [6.45, 7) is 12.2. The summed E-state index contributed by atoms with van der Waals surface area (Å²) in [7, 11) is -4.05. The molecular weight excluding hydrogens is 642 g/mol. The van der Waals surface area contributed by atoms with Gasteiger partial charge in [0.1, 0.15) is 17.9 Å². The SMILES string of the molecule is CC1=NC(CCc2ccc(OCCCc3ccc(-c4ccccc4)cc3)c(C(F)(F)F)c2)(COP(=O)(OC(C)(C)C)OC(C)(C)C)CO1. The van der Waals surface area contributed by atoms with Gasteiger partial charge >= 0.3 is 14.0 Å². The maximum Gasteiger partial charge on any atom is 0.475 e. The first kappa shape index (κ1) is 37.6. The van der Waals surface area contributed by atoms with Crippen LogP contribution in [0.3, 0.4) is 0 Å². The van der Waals surface area contributed by atoms with Gasteiger partial charge in [0.05, 0.1) is 30.0 Å². The van der Waals surface area contributed by atoms with Gasteiger partial charge in [-0.05, 0) is 102 Å². The highest BCUT2D eigenvalue weighted by molar-refractivity contribution is 7.48. The molecule has 0 bridgehead atoms. The minimum absolute atomic E-state index is 0.117. The number of hydrogen-bond donors (Lipinski definition) is 0. The van der Waals surface area contributed by atoms with Crippen LogP contribution >= 0.6 is 7.82 Å². The van der Waals surface area contributed by atoms with E-state index >= 15 is 0 Å². The summed E-state index contributed by atoms with van der Waals surface area (Å²) < 4.78 is 84.8. The van der Waals surface area contributed by atoms with Gasteiger partial charge in [-0.3, -0.25) is 13.6 Å². The first-order valence-corrected chi connectivity index (χ1v) is 17.6. The zero-order valence-electron chi connectivity index (χ0n) is 28.9. The molecule has 3 aromatic carbocycles. The molecule has 4 rings (SSSR count). The Labute approximate surface area is 282 Å². The van der Waals surface area contributed by atoms with E-state index in [9.17, 15) is 17.7 Å². The average molecular weight is 690 g/mol. The zero-order valence-corrected chi connectivity index (χ0v) is 29.8. The molecule has 262 valence electrons. The maximum atomic E-state index is 14.2. The maximum absolute atomic E-state index is 14.2. The number of ether oxygens (including phenoxy) is 2. The first-order chi connectivity index (χ1) is 22.3. The van der Waals surface area contributed by atoms with Gasteiger partial charge in [-0.2, -0.15) is 13.2 Å². The van der Waals surface area contributed by atoms with Gasteiger partial charge in [-0.1, -0.05) is 60.7 Å². The molecule has 0 saturated carbocycles. The van der Waals surface area contributed by atoms with Gasteiger partial charge in [0.15, 0.2) is 5.90 Å². The van der Waals surface area contributed by atoms with E-state index in [0.717, 1.165) is 22.8 Å². The third-order valence-corrected chi connectivity index (χ3v) is 9.35. The van der Waals surface area contributed by atoms with E-state index in [1.54, 1.807) is 54.5 Å². The lowest BCUT2D eigenvalue weighted by atomic mass is 9.93. The third kappa shape index (κ3) is 11.5. The van der Waals surface area contributed by atoms with Crippen LogP contribution in [0, 0.1) is 0 Å². The predicted molar refractivity (Wildman–Crippen MR) is 182 cm³/mol. The number of nitrogens with zero attached hydrogens (tertiary/aromatic N) is 1. The number of phosphoric ester groups is 1. The number of aliphatic imine (C=N–C) groups is 1. The average Bonchev–Trinajstić information content (AvgIpc) is 3.37. The molecule has 11 heteroatoms. The largest absolute Gasteiger partial charge is 0.493 e. The van der Waals surface area contributed by atoms with Crippen molar-refractivity contribution >= 4 is 13.7 Å². The zero-order chi connectivity index (χ0) is 35.2. The summed E-state index contributed by atoms with van der Waals surface area (Å²) in [5.41, 5.74) is 0.290. The van der Waals surface area contributed by atoms with Gasteiger partial charge in [-0.25, -0.2) is 9.56 Å². The van der Waals surface area contributed by atoms with Gasteiger partial charge in [0.2, 0.25) is 0 Å². The second-order valence-electron chi connectivity index (χ2n) is 14.1. The second-order valence-corrected chi connectivity index (χ2v) is 15.6. The summed E-state index contributed by atoms with van der Waals surface area (Å²) in [4.78, 5) is 4.61. The van der Waals surface area contributed by atoms with Crippen molar-refractivity contribution in [1.29, 1.82) is 0 Å². The molecule has 1 heterocycles. The van der Waals surface area contributed by atoms with Crippen LogP contribution in [-0.2, 0) is 41.9 Å². The minimum Gasteiger partial charge on any atom is -0.493 e. The van der Waals surface area contributed by atoms with Crippen molar-refractivity contribution in [3.63, 3.8) is 0 Å². The fourth-order valence-electron chi connectivity index (χ4n) is 5.26. The smallest absolute Gasteiger partial charge is 0.475 e. The van der Waals surface area contributed by atoms with Gasteiger partial charge in [-0.15, -0.1) is 0 Å². The van der Waals surface area contributed by atoms with E-state index < -0.39 is 36.3 Å². The number of alkyl halides is 3. The molecule has 0 radical (unpaired) electrons. The topological polar surface area (TPSA) is 75.6 Å². The van der Waals surface area contributed by atoms with Crippen LogP contribution in [-0.4, -0.2) is 42.5 Å². The molecular formula is C37H47F3NO6P.